The van der Waals surface area contributed by atoms with Crippen molar-refractivity contribution in [2.75, 3.05) is 32.0 Å². The van der Waals surface area contributed by atoms with Crippen LogP contribution in [0.15, 0.2) is 88.9 Å². The van der Waals surface area contributed by atoms with Crippen LogP contribution in [0.3, 0.4) is 0 Å². The van der Waals surface area contributed by atoms with Crippen molar-refractivity contribution in [3.63, 3.8) is 0 Å². The largest absolute Gasteiger partial charge is 0.445 e. The number of hydrogen-bond donors (Lipinski definition) is 5. The number of benzene rings is 3. The van der Waals surface area contributed by atoms with Crippen LogP contribution in [0.5, 0.6) is 0 Å². The number of nitrogens with one attached hydrogen (secondary N) is 4. The molecule has 0 spiro atoms. The van der Waals surface area contributed by atoms with Gasteiger partial charge in [-0.05, 0) is 73.4 Å². The van der Waals surface area contributed by atoms with E-state index in [1.54, 1.807) is 36.2 Å². The van der Waals surface area contributed by atoms with Crippen molar-refractivity contribution in [3.8, 4) is 0 Å². The summed E-state index contributed by atoms with van der Waals surface area (Å²) in [5.74, 6) is -1.31. The number of sulfonamides is 1. The van der Waals surface area contributed by atoms with Gasteiger partial charge in [0, 0.05) is 57.7 Å². The van der Waals surface area contributed by atoms with Crippen molar-refractivity contribution in [2.45, 2.75) is 69.4 Å². The highest BCUT2D eigenvalue weighted by molar-refractivity contribution is 7.89. The number of ether oxygens (including phenoxy) is 1. The van der Waals surface area contributed by atoms with Gasteiger partial charge in [-0.2, -0.15) is 4.72 Å². The Morgan fingerprint density at radius 2 is 1.62 bits per heavy atom. The number of likely N-dealkylation sites (tertiary alicyclic amines) is 1. The van der Waals surface area contributed by atoms with Gasteiger partial charge in [-0.15, -0.1) is 0 Å². The molecule has 0 saturated carbocycles. The Bertz CT molecular complexity index is 1970. The lowest BCUT2D eigenvalue weighted by atomic mass is 9.91. The van der Waals surface area contributed by atoms with Gasteiger partial charge in [-0.3, -0.25) is 14.4 Å². The van der Waals surface area contributed by atoms with Crippen LogP contribution in [0.4, 0.5) is 10.5 Å². The lowest BCUT2D eigenvalue weighted by Gasteiger charge is -2.34. The molecule has 16 nitrogen and oxygen atoms in total. The molecule has 4 rings (SSSR count). The molecule has 300 valence electrons. The molecule has 0 bridgehead atoms. The number of hydrogen-bond acceptors (Lipinski definition) is 10. The molecule has 1 aliphatic rings. The fourth-order valence-electron chi connectivity index (χ4n) is 6.05. The SMILES string of the molecule is CNC(=O)CCCC1CCN(C(=O)[C@H](Cc2cccc(/C(N)=N\OC(C)=O)c2)NS(=O)(=O)c2cccc(NC(=O)CCNC(=O)OCc3ccccc3)c2)CC1. The summed E-state index contributed by atoms with van der Waals surface area (Å²) in [6.45, 7) is 2.09. The van der Waals surface area contributed by atoms with E-state index in [2.05, 4.69) is 30.7 Å². The van der Waals surface area contributed by atoms with Crippen molar-refractivity contribution in [1.29, 1.82) is 0 Å². The van der Waals surface area contributed by atoms with Crippen molar-refractivity contribution in [2.24, 2.45) is 16.8 Å². The van der Waals surface area contributed by atoms with Crippen LogP contribution in [-0.4, -0.2) is 81.7 Å². The highest BCUT2D eigenvalue weighted by atomic mass is 32.2. The van der Waals surface area contributed by atoms with Gasteiger partial charge >= 0.3 is 12.1 Å². The van der Waals surface area contributed by atoms with Crippen LogP contribution in [0.2, 0.25) is 0 Å². The Balaban J connectivity index is 1.42. The first-order valence-corrected chi connectivity index (χ1v) is 19.8. The molecule has 6 N–H and O–H groups in total. The molecule has 1 atom stereocenters. The average molecular weight is 792 g/mol. The molecule has 4 amide bonds. The Kier molecular flexibility index (Phi) is 16.3. The van der Waals surface area contributed by atoms with E-state index in [-0.39, 0.29) is 48.3 Å². The second-order valence-electron chi connectivity index (χ2n) is 13.3. The monoisotopic (exact) mass is 791 g/mol. The fourth-order valence-corrected chi connectivity index (χ4v) is 7.28. The summed E-state index contributed by atoms with van der Waals surface area (Å²) >= 11 is 0. The van der Waals surface area contributed by atoms with E-state index in [1.165, 1.54) is 31.2 Å². The predicted molar refractivity (Wildman–Crippen MR) is 208 cm³/mol. The number of piperidine rings is 1. The van der Waals surface area contributed by atoms with E-state index in [0.29, 0.717) is 49.4 Å². The molecule has 3 aromatic rings. The van der Waals surface area contributed by atoms with Crippen LogP contribution in [0.1, 0.15) is 62.1 Å². The number of oxime groups is 1. The van der Waals surface area contributed by atoms with Crippen LogP contribution >= 0.6 is 0 Å². The molecular weight excluding hydrogens is 743 g/mol. The Hall–Kier alpha value is -5.81. The van der Waals surface area contributed by atoms with Crippen molar-refractivity contribution in [3.05, 3.63) is 95.6 Å². The Morgan fingerprint density at radius 3 is 2.34 bits per heavy atom. The molecule has 0 unspecified atom stereocenters. The highest BCUT2D eigenvalue weighted by Gasteiger charge is 2.32. The van der Waals surface area contributed by atoms with Gasteiger partial charge in [0.1, 0.15) is 12.6 Å². The molecular formula is C39H49N7O9S. The van der Waals surface area contributed by atoms with Crippen LogP contribution in [0, 0.1) is 5.92 Å². The molecule has 0 aliphatic carbocycles. The molecule has 1 heterocycles. The summed E-state index contributed by atoms with van der Waals surface area (Å²) < 4.78 is 35.5. The van der Waals surface area contributed by atoms with E-state index in [0.717, 1.165) is 18.4 Å². The molecule has 1 aliphatic heterocycles. The summed E-state index contributed by atoms with van der Waals surface area (Å²) in [5.41, 5.74) is 7.97. The maximum absolute atomic E-state index is 14.1. The first-order chi connectivity index (χ1) is 26.8. The number of amides is 4. The fraction of sp³-hybridized carbons (Fsp3) is 0.385. The maximum Gasteiger partial charge on any atom is 0.407 e. The van der Waals surface area contributed by atoms with Gasteiger partial charge in [0.25, 0.3) is 0 Å². The minimum atomic E-state index is -4.32. The zero-order valence-corrected chi connectivity index (χ0v) is 32.3. The Labute approximate surface area is 326 Å². The summed E-state index contributed by atoms with van der Waals surface area (Å²) in [7, 11) is -2.72. The maximum atomic E-state index is 14.1. The standard InChI is InChI=1S/C39H49N7O9S/c1-27(47)55-44-37(40)31-13-6-12-30(23-31)24-34(38(50)46-21-18-28(19-22-46)11-7-16-35(48)41-2)45-56(52,53)33-15-8-14-32(25-33)43-36(49)17-20-42-39(51)54-26-29-9-4-3-5-10-29/h3-6,8-10,12-15,23,25,28,34,45H,7,11,16-22,24,26H2,1-2H3,(H2,40,44)(H,41,48)(H,42,51)(H,43,49)/t34-/m0/s1. The van der Waals surface area contributed by atoms with E-state index >= 15 is 0 Å². The second kappa shape index (κ2) is 21.3. The van der Waals surface area contributed by atoms with Gasteiger partial charge < -0.3 is 36.2 Å². The summed E-state index contributed by atoms with van der Waals surface area (Å²) in [6.07, 6.45) is 2.61. The number of amidine groups is 1. The number of anilines is 1. The van der Waals surface area contributed by atoms with Gasteiger partial charge in [0.2, 0.25) is 27.7 Å². The predicted octanol–water partition coefficient (Wildman–Crippen LogP) is 3.17. The molecule has 1 fully saturated rings. The zero-order chi connectivity index (χ0) is 40.5. The van der Waals surface area contributed by atoms with Crippen molar-refractivity contribution < 1.29 is 42.0 Å². The number of nitrogens with two attached hydrogens (primary N) is 1. The molecule has 0 aromatic heterocycles. The van der Waals surface area contributed by atoms with E-state index in [9.17, 15) is 32.4 Å². The topological polar surface area (TPSA) is 228 Å². The van der Waals surface area contributed by atoms with Crippen LogP contribution < -0.4 is 26.4 Å². The van der Waals surface area contributed by atoms with Gasteiger partial charge in [0.05, 0.1) is 4.90 Å². The minimum Gasteiger partial charge on any atom is -0.445 e. The highest BCUT2D eigenvalue weighted by Crippen LogP contribution is 2.24. The van der Waals surface area contributed by atoms with Crippen molar-refractivity contribution >= 4 is 51.3 Å². The minimum absolute atomic E-state index is 0.0154. The van der Waals surface area contributed by atoms with Crippen molar-refractivity contribution in [1.82, 2.24) is 20.3 Å². The third-order valence-electron chi connectivity index (χ3n) is 9.01. The van der Waals surface area contributed by atoms with Crippen LogP contribution in [0.25, 0.3) is 0 Å². The summed E-state index contributed by atoms with van der Waals surface area (Å²) in [6, 6.07) is 20.2. The number of nitrogens with zero attached hydrogens (tertiary/aromatic N) is 2. The number of rotatable bonds is 18. The van der Waals surface area contributed by atoms with Gasteiger partial charge in [0.15, 0.2) is 5.84 Å². The number of carbonyl (C=O) groups excluding carboxylic acids is 5. The second-order valence-corrected chi connectivity index (χ2v) is 15.0. The van der Waals surface area contributed by atoms with Gasteiger partial charge in [-0.1, -0.05) is 59.8 Å². The lowest BCUT2D eigenvalue weighted by molar-refractivity contribution is -0.141. The quantitative estimate of drug-likeness (QED) is 0.0547. The van der Waals surface area contributed by atoms with Gasteiger partial charge in [-0.25, -0.2) is 18.0 Å². The third kappa shape index (κ3) is 14.1. The van der Waals surface area contributed by atoms with E-state index < -0.39 is 39.9 Å². The van der Waals surface area contributed by atoms with E-state index in [4.69, 9.17) is 10.5 Å². The first kappa shape index (κ1) is 42.9. The lowest BCUT2D eigenvalue weighted by Crippen LogP contribution is -2.51. The zero-order valence-electron chi connectivity index (χ0n) is 31.5. The number of carbonyl (C=O) groups is 5. The third-order valence-corrected chi connectivity index (χ3v) is 10.5. The number of alkyl carbamates (subject to hydrolysis) is 1. The normalized spacial score (nSPS) is 14.0. The molecule has 3 aromatic carbocycles. The molecule has 0 radical (unpaired) electrons. The molecule has 17 heteroatoms. The Morgan fingerprint density at radius 1 is 0.911 bits per heavy atom. The summed E-state index contributed by atoms with van der Waals surface area (Å²) in [4.78, 5) is 67.8. The molecule has 56 heavy (non-hydrogen) atoms. The molecule has 1 saturated heterocycles. The smallest absolute Gasteiger partial charge is 0.407 e. The summed E-state index contributed by atoms with van der Waals surface area (Å²) in [5, 5.41) is 11.4. The van der Waals surface area contributed by atoms with Crippen LogP contribution in [-0.2, 0) is 51.8 Å². The van der Waals surface area contributed by atoms with E-state index in [1.807, 2.05) is 30.3 Å². The first-order valence-electron chi connectivity index (χ1n) is 18.3. The average Bonchev–Trinajstić information content (AvgIpc) is 3.19.